The molecule has 0 aliphatic rings. The maximum absolute atomic E-state index is 12.8. The molecule has 0 aromatic heterocycles. The molecule has 0 saturated carbocycles. The Morgan fingerprint density at radius 1 is 0.349 bits per heavy atom. The van der Waals surface area contributed by atoms with E-state index < -0.39 is 6.10 Å². The third-order valence-electron chi connectivity index (χ3n) is 10.0. The highest BCUT2D eigenvalue weighted by molar-refractivity contribution is 5.71. The Balaban J connectivity index is 4.58. The molecule has 6 heteroatoms. The average molecular weight is 871 g/mol. The van der Waals surface area contributed by atoms with E-state index >= 15 is 0 Å². The quantitative estimate of drug-likeness (QED) is 0.0200. The summed E-state index contributed by atoms with van der Waals surface area (Å²) >= 11 is 0. The van der Waals surface area contributed by atoms with Crippen molar-refractivity contribution in [2.75, 3.05) is 13.2 Å². The van der Waals surface area contributed by atoms with E-state index in [2.05, 4.69) is 136 Å². The molecule has 0 amide bonds. The summed E-state index contributed by atoms with van der Waals surface area (Å²) in [5.74, 6) is -1.08. The van der Waals surface area contributed by atoms with Gasteiger partial charge in [-0.2, -0.15) is 0 Å². The first-order valence-electron chi connectivity index (χ1n) is 25.1. The summed E-state index contributed by atoms with van der Waals surface area (Å²) in [6.45, 7) is 6.25. The van der Waals surface area contributed by atoms with E-state index in [9.17, 15) is 14.4 Å². The molecule has 63 heavy (non-hydrogen) atoms. The third kappa shape index (κ3) is 48.7. The molecule has 0 aliphatic heterocycles. The first kappa shape index (κ1) is 58.8. The van der Waals surface area contributed by atoms with E-state index in [-0.39, 0.29) is 50.4 Å². The number of esters is 3. The van der Waals surface area contributed by atoms with Crippen LogP contribution in [0.4, 0.5) is 0 Å². The van der Waals surface area contributed by atoms with Crippen LogP contribution in [0.5, 0.6) is 0 Å². The molecule has 0 aromatic carbocycles. The molecule has 0 fully saturated rings. The predicted octanol–water partition coefficient (Wildman–Crippen LogP) is 16.5. The maximum atomic E-state index is 12.8. The molecule has 0 radical (unpaired) electrons. The van der Waals surface area contributed by atoms with Gasteiger partial charge in [0, 0.05) is 19.3 Å². The van der Waals surface area contributed by atoms with Gasteiger partial charge in [-0.05, 0) is 96.3 Å². The van der Waals surface area contributed by atoms with E-state index in [1.165, 1.54) is 57.8 Å². The van der Waals surface area contributed by atoms with Crippen LogP contribution in [0, 0.1) is 0 Å². The minimum atomic E-state index is -0.832. The van der Waals surface area contributed by atoms with E-state index in [0.717, 1.165) is 89.9 Å². The van der Waals surface area contributed by atoms with Gasteiger partial charge in [0.05, 0.1) is 0 Å². The molecule has 1 atom stereocenters. The second-order valence-corrected chi connectivity index (χ2v) is 16.0. The average Bonchev–Trinajstić information content (AvgIpc) is 3.28. The fourth-order valence-corrected chi connectivity index (χ4v) is 6.29. The van der Waals surface area contributed by atoms with Gasteiger partial charge in [-0.15, -0.1) is 0 Å². The van der Waals surface area contributed by atoms with E-state index in [0.29, 0.717) is 12.8 Å². The van der Waals surface area contributed by atoms with E-state index in [1.54, 1.807) is 0 Å². The number of hydrogen-bond donors (Lipinski definition) is 0. The summed E-state index contributed by atoms with van der Waals surface area (Å²) < 4.78 is 16.7. The summed E-state index contributed by atoms with van der Waals surface area (Å²) in [6.07, 6.45) is 69.1. The van der Waals surface area contributed by atoms with Crippen LogP contribution in [0.1, 0.15) is 201 Å². The van der Waals surface area contributed by atoms with Crippen molar-refractivity contribution in [1.29, 1.82) is 0 Å². The van der Waals surface area contributed by atoms with Gasteiger partial charge in [0.15, 0.2) is 6.10 Å². The molecule has 6 nitrogen and oxygen atoms in total. The van der Waals surface area contributed by atoms with Gasteiger partial charge in [0.25, 0.3) is 0 Å². The number of allylic oxidation sites excluding steroid dienone is 20. The van der Waals surface area contributed by atoms with Gasteiger partial charge in [0.1, 0.15) is 13.2 Å². The highest BCUT2D eigenvalue weighted by Gasteiger charge is 2.19. The molecule has 0 aromatic rings. The van der Waals surface area contributed by atoms with Crippen molar-refractivity contribution in [3.05, 3.63) is 122 Å². The number of carbonyl (C=O) groups is 3. The van der Waals surface area contributed by atoms with Crippen molar-refractivity contribution in [1.82, 2.24) is 0 Å². The smallest absolute Gasteiger partial charge is 0.306 e. The molecule has 0 saturated heterocycles. The lowest BCUT2D eigenvalue weighted by Crippen LogP contribution is -2.30. The second kappa shape index (κ2) is 50.5. The minimum absolute atomic E-state index is 0.133. The predicted molar refractivity (Wildman–Crippen MR) is 269 cm³/mol. The fraction of sp³-hybridized carbons (Fsp3) is 0.596. The van der Waals surface area contributed by atoms with Crippen LogP contribution in [-0.2, 0) is 28.6 Å². The van der Waals surface area contributed by atoms with Crippen molar-refractivity contribution < 1.29 is 28.6 Å². The molecule has 0 heterocycles. The number of ether oxygens (including phenoxy) is 3. The van der Waals surface area contributed by atoms with Gasteiger partial charge in [0.2, 0.25) is 0 Å². The highest BCUT2D eigenvalue weighted by Crippen LogP contribution is 2.12. The summed E-state index contributed by atoms with van der Waals surface area (Å²) in [4.78, 5) is 37.9. The summed E-state index contributed by atoms with van der Waals surface area (Å²) in [6, 6.07) is 0. The zero-order valence-electron chi connectivity index (χ0n) is 40.3. The monoisotopic (exact) mass is 871 g/mol. The Kier molecular flexibility index (Phi) is 47.1. The van der Waals surface area contributed by atoms with Crippen molar-refractivity contribution in [3.63, 3.8) is 0 Å². The topological polar surface area (TPSA) is 78.9 Å². The molecular weight excluding hydrogens is 781 g/mol. The van der Waals surface area contributed by atoms with Crippen LogP contribution < -0.4 is 0 Å². The maximum Gasteiger partial charge on any atom is 0.306 e. The molecule has 0 rings (SSSR count). The number of carbonyl (C=O) groups excluding carboxylic acids is 3. The largest absolute Gasteiger partial charge is 0.462 e. The number of rotatable bonds is 43. The Hall–Kier alpha value is -4.19. The zero-order chi connectivity index (χ0) is 45.8. The normalized spacial score (nSPS) is 13.1. The van der Waals surface area contributed by atoms with Gasteiger partial charge in [-0.25, -0.2) is 0 Å². The van der Waals surface area contributed by atoms with Crippen LogP contribution in [0.25, 0.3) is 0 Å². The molecule has 1 unspecified atom stereocenters. The van der Waals surface area contributed by atoms with Crippen molar-refractivity contribution >= 4 is 17.9 Å². The van der Waals surface area contributed by atoms with Crippen molar-refractivity contribution in [3.8, 4) is 0 Å². The standard InChI is InChI=1S/C57H90O6/c1-4-7-10-13-16-19-22-25-27-28-30-32-35-38-41-44-47-50-56(59)62-53-54(52-61-55(58)49-46-43-40-37-34-31-24-21-18-15-12-9-6-3)63-57(60)51-48-45-42-39-36-33-29-26-23-20-17-14-11-8-5-2/h7-8,10-11,14,16-17,19-20,23,25,27,30-32,34,38,40-41,43,54H,4-6,9,12-13,15,18,21-22,24,26,28-29,33,35-37,39,42,44-53H2,1-3H3/b10-7+,11-8+,17-14+,19-16+,23-20+,27-25+,32-30+,34-31+,41-38+,43-40+. The molecule has 0 spiro atoms. The molecular formula is C57H90O6. The lowest BCUT2D eigenvalue weighted by atomic mass is 10.1. The van der Waals surface area contributed by atoms with Crippen LogP contribution >= 0.6 is 0 Å². The van der Waals surface area contributed by atoms with Gasteiger partial charge >= 0.3 is 17.9 Å². The first-order valence-corrected chi connectivity index (χ1v) is 25.1. The Labute approximate surface area is 386 Å². The van der Waals surface area contributed by atoms with Gasteiger partial charge in [-0.1, -0.05) is 206 Å². The van der Waals surface area contributed by atoms with Gasteiger partial charge < -0.3 is 14.2 Å². The summed E-state index contributed by atoms with van der Waals surface area (Å²) in [7, 11) is 0. The Morgan fingerprint density at radius 2 is 0.746 bits per heavy atom. The Bertz CT molecular complexity index is 1370. The second-order valence-electron chi connectivity index (χ2n) is 16.0. The van der Waals surface area contributed by atoms with Crippen molar-refractivity contribution in [2.24, 2.45) is 0 Å². The Morgan fingerprint density at radius 3 is 1.29 bits per heavy atom. The van der Waals surface area contributed by atoms with Crippen LogP contribution in [0.2, 0.25) is 0 Å². The van der Waals surface area contributed by atoms with E-state index in [1.807, 2.05) is 6.08 Å². The lowest BCUT2D eigenvalue weighted by molar-refractivity contribution is -0.166. The molecule has 0 N–H and O–H groups in total. The third-order valence-corrected chi connectivity index (χ3v) is 10.0. The number of unbranched alkanes of at least 4 members (excludes halogenated alkanes) is 14. The lowest BCUT2D eigenvalue weighted by Gasteiger charge is -2.18. The SMILES string of the molecule is CC/C=C/C=C/C=C/CCCCCCCCCC(=O)OC(COC(=O)CC/C=C/C/C=C/CCCCCCCC)COC(=O)CCC/C=C/C/C=C/C/C=C/C/C=C/C/C=C/CC. The van der Waals surface area contributed by atoms with Crippen LogP contribution in [0.15, 0.2) is 122 Å². The number of hydrogen-bond acceptors (Lipinski definition) is 6. The molecule has 0 aliphatic carbocycles. The van der Waals surface area contributed by atoms with Crippen LogP contribution in [-0.4, -0.2) is 37.2 Å². The first-order chi connectivity index (χ1) is 31.0. The molecule has 0 bridgehead atoms. The zero-order valence-corrected chi connectivity index (χ0v) is 40.3. The van der Waals surface area contributed by atoms with E-state index in [4.69, 9.17) is 14.2 Å². The minimum Gasteiger partial charge on any atom is -0.462 e. The fourth-order valence-electron chi connectivity index (χ4n) is 6.29. The van der Waals surface area contributed by atoms with Crippen LogP contribution in [0.3, 0.4) is 0 Å². The molecule has 354 valence electrons. The summed E-state index contributed by atoms with van der Waals surface area (Å²) in [5.41, 5.74) is 0. The summed E-state index contributed by atoms with van der Waals surface area (Å²) in [5, 5.41) is 0. The highest BCUT2D eigenvalue weighted by atomic mass is 16.6. The van der Waals surface area contributed by atoms with Gasteiger partial charge in [-0.3, -0.25) is 14.4 Å². The van der Waals surface area contributed by atoms with Crippen molar-refractivity contribution in [2.45, 2.75) is 207 Å².